The van der Waals surface area contributed by atoms with Gasteiger partial charge in [-0.3, -0.25) is 9.48 Å². The van der Waals surface area contributed by atoms with Crippen molar-refractivity contribution >= 4 is 23.2 Å². The minimum absolute atomic E-state index is 0.0521. The van der Waals surface area contributed by atoms with Crippen molar-refractivity contribution in [2.75, 3.05) is 19.5 Å². The number of nitrogens with one attached hydrogen (secondary N) is 1. The first-order valence-corrected chi connectivity index (χ1v) is 8.22. The summed E-state index contributed by atoms with van der Waals surface area (Å²) in [5, 5.41) is 14.9. The van der Waals surface area contributed by atoms with Crippen molar-refractivity contribution in [3.63, 3.8) is 0 Å². The number of hydrogen-bond acceptors (Lipinski definition) is 8. The van der Waals surface area contributed by atoms with Crippen LogP contribution in [0.5, 0.6) is 0 Å². The van der Waals surface area contributed by atoms with Gasteiger partial charge in [0, 0.05) is 33.0 Å². The maximum absolute atomic E-state index is 11.7. The third-order valence-corrected chi connectivity index (χ3v) is 4.28. The highest BCUT2D eigenvalue weighted by Crippen LogP contribution is 2.37. The van der Waals surface area contributed by atoms with Crippen molar-refractivity contribution in [3.05, 3.63) is 53.0 Å². The first kappa shape index (κ1) is 19.0. The van der Waals surface area contributed by atoms with Crippen LogP contribution in [0.1, 0.15) is 16.3 Å². The normalized spacial score (nSPS) is 21.8. The summed E-state index contributed by atoms with van der Waals surface area (Å²) in [5.74, 6) is -0.323. The first-order chi connectivity index (χ1) is 12.9. The molecule has 2 aromatic heterocycles. The molecule has 2 unspecified atom stereocenters. The van der Waals surface area contributed by atoms with E-state index in [-0.39, 0.29) is 10.8 Å². The maximum atomic E-state index is 11.7. The van der Waals surface area contributed by atoms with Crippen molar-refractivity contribution in [3.8, 4) is 0 Å². The molecule has 0 bridgehead atoms. The SMILES string of the molecule is COC1C(Nc2cc(Cl)nnc2C(N)=O)=CC=CC1(OC)c1ncn(C)n1. The Balaban J connectivity index is 2.02. The van der Waals surface area contributed by atoms with Crippen molar-refractivity contribution in [1.29, 1.82) is 0 Å². The van der Waals surface area contributed by atoms with Gasteiger partial charge < -0.3 is 20.5 Å². The smallest absolute Gasteiger partial charge is 0.271 e. The molecule has 10 nitrogen and oxygen atoms in total. The second-order valence-corrected chi connectivity index (χ2v) is 6.14. The van der Waals surface area contributed by atoms with Gasteiger partial charge in [0.25, 0.3) is 5.91 Å². The van der Waals surface area contributed by atoms with Crippen LogP contribution < -0.4 is 11.1 Å². The second-order valence-electron chi connectivity index (χ2n) is 5.75. The molecule has 0 aromatic carbocycles. The number of methoxy groups -OCH3 is 2. The number of halogens is 1. The number of aryl methyl sites for hydroxylation is 1. The minimum atomic E-state index is -1.08. The van der Waals surface area contributed by atoms with Crippen LogP contribution in [0.2, 0.25) is 5.15 Å². The summed E-state index contributed by atoms with van der Waals surface area (Å²) in [6.45, 7) is 0. The predicted molar refractivity (Wildman–Crippen MR) is 96.9 cm³/mol. The van der Waals surface area contributed by atoms with Crippen LogP contribution in [0.25, 0.3) is 0 Å². The van der Waals surface area contributed by atoms with E-state index in [0.717, 1.165) is 0 Å². The summed E-state index contributed by atoms with van der Waals surface area (Å²) < 4.78 is 13.0. The van der Waals surface area contributed by atoms with Gasteiger partial charge in [-0.1, -0.05) is 17.7 Å². The number of allylic oxidation sites excluding steroid dienone is 2. The molecule has 0 spiro atoms. The molecule has 11 heteroatoms. The van der Waals surface area contributed by atoms with E-state index in [9.17, 15) is 4.79 Å². The summed E-state index contributed by atoms with van der Waals surface area (Å²) >= 11 is 5.91. The Kier molecular flexibility index (Phi) is 5.22. The first-order valence-electron chi connectivity index (χ1n) is 7.84. The predicted octanol–water partition coefficient (Wildman–Crippen LogP) is 0.780. The number of carbonyl (C=O) groups is 1. The van der Waals surface area contributed by atoms with E-state index in [1.54, 1.807) is 36.3 Å². The van der Waals surface area contributed by atoms with E-state index in [1.807, 2.05) is 0 Å². The number of hydrogen-bond donors (Lipinski definition) is 2. The molecule has 1 aliphatic carbocycles. The number of aromatic nitrogens is 5. The molecule has 0 fully saturated rings. The minimum Gasteiger partial charge on any atom is -0.371 e. The van der Waals surface area contributed by atoms with Crippen LogP contribution in [0.3, 0.4) is 0 Å². The van der Waals surface area contributed by atoms with Crippen LogP contribution >= 0.6 is 11.6 Å². The van der Waals surface area contributed by atoms with Crippen LogP contribution in [-0.4, -0.2) is 51.2 Å². The van der Waals surface area contributed by atoms with Crippen LogP contribution in [0.4, 0.5) is 5.69 Å². The number of nitrogens with two attached hydrogens (primary N) is 1. The fraction of sp³-hybridized carbons (Fsp3) is 0.312. The van der Waals surface area contributed by atoms with Gasteiger partial charge in [-0.2, -0.15) is 5.10 Å². The maximum Gasteiger partial charge on any atom is 0.271 e. The molecule has 27 heavy (non-hydrogen) atoms. The highest BCUT2D eigenvalue weighted by atomic mass is 35.5. The zero-order chi connectivity index (χ0) is 19.6. The van der Waals surface area contributed by atoms with Crippen LogP contribution in [0, 0.1) is 0 Å². The average molecular weight is 392 g/mol. The molecule has 1 amide bonds. The molecule has 2 aromatic rings. The average Bonchev–Trinajstić information content (AvgIpc) is 3.08. The fourth-order valence-electron chi connectivity index (χ4n) is 2.89. The van der Waals surface area contributed by atoms with E-state index < -0.39 is 17.6 Å². The molecule has 0 aliphatic heterocycles. The highest BCUT2D eigenvalue weighted by Gasteiger charge is 2.46. The van der Waals surface area contributed by atoms with Gasteiger partial charge in [0.15, 0.2) is 22.3 Å². The van der Waals surface area contributed by atoms with Gasteiger partial charge in [0.05, 0.1) is 5.69 Å². The van der Waals surface area contributed by atoms with E-state index >= 15 is 0 Å². The van der Waals surface area contributed by atoms with Gasteiger partial charge in [0.2, 0.25) is 0 Å². The summed E-state index contributed by atoms with van der Waals surface area (Å²) in [6.07, 6.45) is 6.27. The van der Waals surface area contributed by atoms with Crippen molar-refractivity contribution < 1.29 is 14.3 Å². The van der Waals surface area contributed by atoms with Crippen molar-refractivity contribution in [1.82, 2.24) is 25.0 Å². The Morgan fingerprint density at radius 1 is 1.41 bits per heavy atom. The van der Waals surface area contributed by atoms with Crippen molar-refractivity contribution in [2.45, 2.75) is 11.7 Å². The number of carbonyl (C=O) groups excluding carboxylic acids is 1. The quantitative estimate of drug-likeness (QED) is 0.738. The molecule has 0 radical (unpaired) electrons. The van der Waals surface area contributed by atoms with Crippen LogP contribution in [0.15, 0.2) is 36.3 Å². The summed E-state index contributed by atoms with van der Waals surface area (Å²) in [5.41, 5.74) is 5.11. The molecule has 3 rings (SSSR count). The van der Waals surface area contributed by atoms with E-state index in [0.29, 0.717) is 17.2 Å². The lowest BCUT2D eigenvalue weighted by Crippen LogP contribution is -2.46. The van der Waals surface area contributed by atoms with Gasteiger partial charge in [-0.05, 0) is 12.2 Å². The Morgan fingerprint density at radius 2 is 2.19 bits per heavy atom. The number of amides is 1. The fourth-order valence-corrected chi connectivity index (χ4v) is 3.03. The standard InChI is InChI=1S/C16H18ClN7O3/c1-24-8-19-15(23-24)16(27-3)6-4-5-9(13(16)26-2)20-10-7-11(17)21-22-12(10)14(18)25/h4-8,13H,1-3H3,(H2,18,25)(H,20,21). The summed E-state index contributed by atoms with van der Waals surface area (Å²) in [6, 6.07) is 1.45. The molecule has 1 aliphatic rings. The van der Waals surface area contributed by atoms with E-state index in [4.69, 9.17) is 26.8 Å². The van der Waals surface area contributed by atoms with Crippen molar-refractivity contribution in [2.24, 2.45) is 12.8 Å². The van der Waals surface area contributed by atoms with Gasteiger partial charge in [-0.15, -0.1) is 10.2 Å². The number of rotatable bonds is 6. The van der Waals surface area contributed by atoms with E-state index in [1.165, 1.54) is 20.3 Å². The molecule has 2 atom stereocenters. The number of primary amides is 1. The van der Waals surface area contributed by atoms with Gasteiger partial charge in [-0.25, -0.2) is 4.98 Å². The summed E-state index contributed by atoms with van der Waals surface area (Å²) in [7, 11) is 4.82. The Hall–Kier alpha value is -2.82. The van der Waals surface area contributed by atoms with Gasteiger partial charge >= 0.3 is 0 Å². The molecule has 142 valence electrons. The van der Waals surface area contributed by atoms with Gasteiger partial charge in [0.1, 0.15) is 12.4 Å². The number of nitrogens with zero attached hydrogens (tertiary/aromatic N) is 5. The Morgan fingerprint density at radius 3 is 2.78 bits per heavy atom. The molecule has 2 heterocycles. The third kappa shape index (κ3) is 3.42. The highest BCUT2D eigenvalue weighted by molar-refractivity contribution is 6.29. The summed E-state index contributed by atoms with van der Waals surface area (Å²) in [4.78, 5) is 16.0. The Bertz CT molecular complexity index is 926. The molecule has 3 N–H and O–H groups in total. The largest absolute Gasteiger partial charge is 0.371 e. The lowest BCUT2D eigenvalue weighted by atomic mass is 9.88. The second kappa shape index (κ2) is 7.43. The number of ether oxygens (including phenoxy) is 2. The molecular formula is C16H18ClN7O3. The Labute approximate surface area is 160 Å². The monoisotopic (exact) mass is 391 g/mol. The zero-order valence-electron chi connectivity index (χ0n) is 14.9. The lowest BCUT2D eigenvalue weighted by molar-refractivity contribution is -0.0808. The molecular weight excluding hydrogens is 374 g/mol. The van der Waals surface area contributed by atoms with Crippen LogP contribution in [-0.2, 0) is 22.1 Å². The topological polar surface area (TPSA) is 130 Å². The third-order valence-electron chi connectivity index (χ3n) is 4.09. The molecule has 0 saturated carbocycles. The lowest BCUT2D eigenvalue weighted by Gasteiger charge is -2.37. The zero-order valence-corrected chi connectivity index (χ0v) is 15.6. The van der Waals surface area contributed by atoms with E-state index in [2.05, 4.69) is 25.6 Å². The molecule has 0 saturated heterocycles. The number of anilines is 1.